The third-order valence-electron chi connectivity index (χ3n) is 4.00. The van der Waals surface area contributed by atoms with E-state index in [4.69, 9.17) is 0 Å². The van der Waals surface area contributed by atoms with Crippen LogP contribution in [0, 0.1) is 0 Å². The third-order valence-corrected chi connectivity index (χ3v) is 4.50. The standard InChI is InChI=1S/C17H37O4P.2K/c1-2-3-4-5-6-7-8-9-10-11-12-13-14-15-16-17-21-22(18,19)20;;/h2-17H2,1H3,(H2,18,19,20);;/q;2*+1/p-2. The van der Waals surface area contributed by atoms with Gasteiger partial charge in [-0.2, -0.15) is 0 Å². The van der Waals surface area contributed by atoms with Crippen LogP contribution in [0.15, 0.2) is 0 Å². The Labute approximate surface area is 235 Å². The van der Waals surface area contributed by atoms with E-state index in [-0.39, 0.29) is 109 Å². The molecule has 0 rings (SSSR count). The molecule has 0 aliphatic heterocycles. The van der Waals surface area contributed by atoms with Gasteiger partial charge < -0.3 is 18.9 Å². The minimum absolute atomic E-state index is 0. The quantitative estimate of drug-likeness (QED) is 0.169. The van der Waals surface area contributed by atoms with Crippen molar-refractivity contribution in [2.75, 3.05) is 6.61 Å². The van der Waals surface area contributed by atoms with Gasteiger partial charge in [0.15, 0.2) is 0 Å². The first-order valence-corrected chi connectivity index (χ1v) is 10.7. The fourth-order valence-electron chi connectivity index (χ4n) is 2.65. The maximum absolute atomic E-state index is 10.2. The zero-order valence-corrected chi connectivity index (χ0v) is 23.5. The van der Waals surface area contributed by atoms with Crippen molar-refractivity contribution >= 4 is 7.82 Å². The zero-order valence-electron chi connectivity index (χ0n) is 16.4. The molecule has 0 fully saturated rings. The molecule has 0 aromatic rings. The minimum Gasteiger partial charge on any atom is -0.790 e. The van der Waals surface area contributed by atoms with E-state index in [0.29, 0.717) is 6.42 Å². The summed E-state index contributed by atoms with van der Waals surface area (Å²) in [4.78, 5) is 20.5. The molecular formula is C17H35K2O4P. The van der Waals surface area contributed by atoms with Crippen molar-refractivity contribution in [3.05, 3.63) is 0 Å². The molecule has 0 spiro atoms. The van der Waals surface area contributed by atoms with Crippen molar-refractivity contribution in [1.82, 2.24) is 0 Å². The van der Waals surface area contributed by atoms with Crippen LogP contribution in [0.1, 0.15) is 103 Å². The van der Waals surface area contributed by atoms with E-state index in [1.165, 1.54) is 77.0 Å². The van der Waals surface area contributed by atoms with E-state index in [0.717, 1.165) is 12.8 Å². The van der Waals surface area contributed by atoms with Crippen LogP contribution in [0.25, 0.3) is 0 Å². The fourth-order valence-corrected chi connectivity index (χ4v) is 3.00. The van der Waals surface area contributed by atoms with E-state index in [1.54, 1.807) is 0 Å². The minimum atomic E-state index is -4.75. The summed E-state index contributed by atoms with van der Waals surface area (Å²) in [7, 11) is -4.75. The number of unbranched alkanes of at least 4 members (excludes halogenated alkanes) is 14. The first-order chi connectivity index (χ1) is 10.6. The maximum Gasteiger partial charge on any atom is 1.00 e. The molecule has 0 saturated heterocycles. The van der Waals surface area contributed by atoms with Gasteiger partial charge in [-0.15, -0.1) is 0 Å². The van der Waals surface area contributed by atoms with Gasteiger partial charge in [0.1, 0.15) is 0 Å². The molecule has 0 unspecified atom stereocenters. The Morgan fingerprint density at radius 1 is 0.625 bits per heavy atom. The van der Waals surface area contributed by atoms with Crippen LogP contribution in [-0.2, 0) is 9.09 Å². The van der Waals surface area contributed by atoms with E-state index in [2.05, 4.69) is 11.4 Å². The van der Waals surface area contributed by atoms with Gasteiger partial charge in [0.05, 0.1) is 14.4 Å². The first-order valence-electron chi connectivity index (χ1n) is 9.23. The van der Waals surface area contributed by atoms with Gasteiger partial charge in [0, 0.05) is 0 Å². The smallest absolute Gasteiger partial charge is 0.790 e. The van der Waals surface area contributed by atoms with Crippen molar-refractivity contribution in [2.45, 2.75) is 103 Å². The summed E-state index contributed by atoms with van der Waals surface area (Å²) >= 11 is 0. The second-order valence-corrected chi connectivity index (χ2v) is 7.38. The van der Waals surface area contributed by atoms with Gasteiger partial charge in [-0.3, -0.25) is 0 Å². The number of phosphoric acid groups is 1. The van der Waals surface area contributed by atoms with Crippen molar-refractivity contribution < 1.29 is 122 Å². The second-order valence-electron chi connectivity index (χ2n) is 6.23. The van der Waals surface area contributed by atoms with Crippen LogP contribution in [-0.4, -0.2) is 6.61 Å². The second kappa shape index (κ2) is 24.4. The predicted octanol–water partition coefficient (Wildman–Crippen LogP) is -1.29. The number of hydrogen-bond acceptors (Lipinski definition) is 4. The van der Waals surface area contributed by atoms with Crippen LogP contribution in [0.4, 0.5) is 0 Å². The molecule has 0 aromatic carbocycles. The molecule has 0 atom stereocenters. The predicted molar refractivity (Wildman–Crippen MR) is 88.5 cm³/mol. The van der Waals surface area contributed by atoms with Gasteiger partial charge in [0.25, 0.3) is 0 Å². The molecule has 24 heavy (non-hydrogen) atoms. The van der Waals surface area contributed by atoms with Crippen molar-refractivity contribution in [1.29, 1.82) is 0 Å². The molecule has 0 aromatic heterocycles. The normalized spacial score (nSPS) is 11.0. The summed E-state index contributed by atoms with van der Waals surface area (Å²) < 4.78 is 14.4. The zero-order chi connectivity index (χ0) is 16.5. The Kier molecular flexibility index (Phi) is 32.6. The molecule has 0 amide bonds. The summed E-state index contributed by atoms with van der Waals surface area (Å²) in [6.07, 6.45) is 18.9. The SMILES string of the molecule is CCCCCCCCCCCCCCCCCOP(=O)([O-])[O-].[K+].[K+]. The van der Waals surface area contributed by atoms with Crippen LogP contribution in [0.3, 0.4) is 0 Å². The largest absolute Gasteiger partial charge is 1.00 e. The van der Waals surface area contributed by atoms with Gasteiger partial charge in [-0.25, -0.2) is 0 Å². The molecule has 0 saturated carbocycles. The molecule has 4 nitrogen and oxygen atoms in total. The van der Waals surface area contributed by atoms with Gasteiger partial charge in [-0.1, -0.05) is 96.8 Å². The van der Waals surface area contributed by atoms with E-state index in [1.807, 2.05) is 0 Å². The Balaban J connectivity index is -0.00000220. The Hall–Kier alpha value is 3.38. The summed E-state index contributed by atoms with van der Waals surface area (Å²) in [5.74, 6) is 0. The Morgan fingerprint density at radius 2 is 0.917 bits per heavy atom. The molecule has 0 N–H and O–H groups in total. The molecule has 0 radical (unpaired) electrons. The van der Waals surface area contributed by atoms with Crippen LogP contribution < -0.4 is 113 Å². The summed E-state index contributed by atoms with van der Waals surface area (Å²) in [5, 5.41) is 0. The van der Waals surface area contributed by atoms with Gasteiger partial charge in [-0.05, 0) is 6.42 Å². The molecule has 0 bridgehead atoms. The fraction of sp³-hybridized carbons (Fsp3) is 1.00. The molecule has 7 heteroatoms. The van der Waals surface area contributed by atoms with Gasteiger partial charge >= 0.3 is 103 Å². The van der Waals surface area contributed by atoms with Crippen LogP contribution in [0.2, 0.25) is 0 Å². The summed E-state index contributed by atoms with van der Waals surface area (Å²) in [5.41, 5.74) is 0. The topological polar surface area (TPSA) is 72.4 Å². The summed E-state index contributed by atoms with van der Waals surface area (Å²) in [6.45, 7) is 2.30. The van der Waals surface area contributed by atoms with E-state index >= 15 is 0 Å². The Bertz CT molecular complexity index is 275. The van der Waals surface area contributed by atoms with Crippen molar-refractivity contribution in [3.8, 4) is 0 Å². The monoisotopic (exact) mass is 412 g/mol. The number of rotatable bonds is 17. The average Bonchev–Trinajstić information content (AvgIpc) is 2.45. The van der Waals surface area contributed by atoms with Crippen LogP contribution in [0.5, 0.6) is 0 Å². The molecular weight excluding hydrogens is 377 g/mol. The van der Waals surface area contributed by atoms with Gasteiger partial charge in [0.2, 0.25) is 0 Å². The van der Waals surface area contributed by atoms with Crippen molar-refractivity contribution in [2.24, 2.45) is 0 Å². The number of phosphoric ester groups is 1. The third kappa shape index (κ3) is 30.1. The molecule has 134 valence electrons. The summed E-state index contributed by atoms with van der Waals surface area (Å²) in [6, 6.07) is 0. The maximum atomic E-state index is 10.2. The van der Waals surface area contributed by atoms with Crippen LogP contribution >= 0.6 is 7.82 Å². The van der Waals surface area contributed by atoms with E-state index in [9.17, 15) is 14.4 Å². The molecule has 0 aliphatic rings. The van der Waals surface area contributed by atoms with Crippen molar-refractivity contribution in [3.63, 3.8) is 0 Å². The number of hydrogen-bond donors (Lipinski definition) is 0. The average molecular weight is 413 g/mol. The Morgan fingerprint density at radius 3 is 1.21 bits per heavy atom. The molecule has 0 heterocycles. The molecule has 0 aliphatic carbocycles. The first kappa shape index (κ1) is 32.1. The van der Waals surface area contributed by atoms with E-state index < -0.39 is 7.82 Å².